The molecule has 0 radical (unpaired) electrons. The first-order chi connectivity index (χ1) is 10.6. The fraction of sp³-hybridized carbons (Fsp3) is 0.778. The Morgan fingerprint density at radius 3 is 1.77 bits per heavy atom. The maximum Gasteiger partial charge on any atom is 0.333 e. The van der Waals surface area contributed by atoms with E-state index in [0.29, 0.717) is 6.61 Å². The van der Waals surface area contributed by atoms with Crippen molar-refractivity contribution in [2.75, 3.05) is 6.61 Å². The lowest BCUT2D eigenvalue weighted by molar-refractivity contribution is -0.142. The number of carbonyl (C=O) groups is 2. The second-order valence-electron chi connectivity index (χ2n) is 5.85. The molecule has 0 aromatic rings. The SMILES string of the molecule is C=C(CC(=O)O)C(=O)OCCCCCCCCCCCCC. The maximum absolute atomic E-state index is 11.4. The molecule has 0 saturated carbocycles. The molecule has 0 aliphatic heterocycles. The zero-order valence-electron chi connectivity index (χ0n) is 14.1. The van der Waals surface area contributed by atoms with E-state index in [2.05, 4.69) is 13.5 Å². The van der Waals surface area contributed by atoms with E-state index >= 15 is 0 Å². The summed E-state index contributed by atoms with van der Waals surface area (Å²) in [5, 5.41) is 8.54. The van der Waals surface area contributed by atoms with Crippen LogP contribution in [-0.2, 0) is 14.3 Å². The van der Waals surface area contributed by atoms with Gasteiger partial charge in [0.1, 0.15) is 0 Å². The summed E-state index contributed by atoms with van der Waals surface area (Å²) in [4.78, 5) is 21.8. The Bertz CT molecular complexity index is 323. The summed E-state index contributed by atoms with van der Waals surface area (Å²) < 4.78 is 4.99. The van der Waals surface area contributed by atoms with Gasteiger partial charge >= 0.3 is 11.9 Å². The summed E-state index contributed by atoms with van der Waals surface area (Å²) in [5.74, 6) is -1.65. The molecule has 1 N–H and O–H groups in total. The topological polar surface area (TPSA) is 63.6 Å². The highest BCUT2D eigenvalue weighted by atomic mass is 16.5. The van der Waals surface area contributed by atoms with Gasteiger partial charge in [0.05, 0.1) is 13.0 Å². The molecule has 0 aliphatic carbocycles. The van der Waals surface area contributed by atoms with Crippen molar-refractivity contribution in [3.05, 3.63) is 12.2 Å². The average Bonchev–Trinajstić information content (AvgIpc) is 2.47. The zero-order valence-corrected chi connectivity index (χ0v) is 14.1. The molecule has 22 heavy (non-hydrogen) atoms. The summed E-state index contributed by atoms with van der Waals surface area (Å²) in [6.07, 6.45) is 13.3. The maximum atomic E-state index is 11.4. The van der Waals surface area contributed by atoms with Gasteiger partial charge in [-0.05, 0) is 6.42 Å². The standard InChI is InChI=1S/C18H32O4/c1-3-4-5-6-7-8-9-10-11-12-13-14-22-18(21)16(2)15-17(19)20/h2-15H2,1H3,(H,19,20). The molecular weight excluding hydrogens is 280 g/mol. The molecule has 0 unspecified atom stereocenters. The molecule has 0 aromatic heterocycles. The molecule has 0 amide bonds. The molecule has 128 valence electrons. The molecule has 0 spiro atoms. The number of rotatable bonds is 15. The number of hydrogen-bond donors (Lipinski definition) is 1. The van der Waals surface area contributed by atoms with E-state index in [1.165, 1.54) is 57.8 Å². The minimum atomic E-state index is -1.06. The normalized spacial score (nSPS) is 10.4. The lowest BCUT2D eigenvalue weighted by Gasteiger charge is -2.06. The number of ether oxygens (including phenoxy) is 1. The summed E-state index contributed by atoms with van der Waals surface area (Å²) >= 11 is 0. The average molecular weight is 312 g/mol. The molecule has 0 aliphatic rings. The van der Waals surface area contributed by atoms with Crippen LogP contribution >= 0.6 is 0 Å². The van der Waals surface area contributed by atoms with Crippen LogP contribution in [0.1, 0.15) is 84.0 Å². The minimum Gasteiger partial charge on any atom is -0.481 e. The van der Waals surface area contributed by atoms with E-state index < -0.39 is 11.9 Å². The van der Waals surface area contributed by atoms with E-state index in [1.54, 1.807) is 0 Å². The molecule has 4 nitrogen and oxygen atoms in total. The molecule has 4 heteroatoms. The molecule has 0 fully saturated rings. The molecule has 0 bridgehead atoms. The Kier molecular flexibility index (Phi) is 13.7. The number of carbonyl (C=O) groups excluding carboxylic acids is 1. The zero-order chi connectivity index (χ0) is 16.6. The Balaban J connectivity index is 3.28. The highest BCUT2D eigenvalue weighted by Crippen LogP contribution is 2.11. The molecule has 0 rings (SSSR count). The number of unbranched alkanes of at least 4 members (excludes halogenated alkanes) is 10. The van der Waals surface area contributed by atoms with Crippen molar-refractivity contribution < 1.29 is 19.4 Å². The summed E-state index contributed by atoms with van der Waals surface area (Å²) in [7, 11) is 0. The van der Waals surface area contributed by atoms with Gasteiger partial charge in [-0.1, -0.05) is 77.7 Å². The van der Waals surface area contributed by atoms with Gasteiger partial charge in [0.25, 0.3) is 0 Å². The summed E-state index contributed by atoms with van der Waals surface area (Å²) in [5.41, 5.74) is 0.00979. The van der Waals surface area contributed by atoms with E-state index in [1.807, 2.05) is 0 Å². The predicted octanol–water partition coefficient (Wildman–Crippen LogP) is 4.87. The van der Waals surface area contributed by atoms with Gasteiger partial charge in [0.15, 0.2) is 0 Å². The van der Waals surface area contributed by atoms with Gasteiger partial charge < -0.3 is 9.84 Å². The van der Waals surface area contributed by atoms with Crippen molar-refractivity contribution in [2.24, 2.45) is 0 Å². The van der Waals surface area contributed by atoms with E-state index in [-0.39, 0.29) is 12.0 Å². The van der Waals surface area contributed by atoms with Gasteiger partial charge in [-0.2, -0.15) is 0 Å². The highest BCUT2D eigenvalue weighted by molar-refractivity contribution is 5.92. The van der Waals surface area contributed by atoms with Gasteiger partial charge in [-0.15, -0.1) is 0 Å². The number of carboxylic acids is 1. The second kappa shape index (κ2) is 14.6. The van der Waals surface area contributed by atoms with E-state index in [0.717, 1.165) is 12.8 Å². The quantitative estimate of drug-likeness (QED) is 0.266. The Morgan fingerprint density at radius 2 is 1.32 bits per heavy atom. The van der Waals surface area contributed by atoms with Crippen LogP contribution in [0.4, 0.5) is 0 Å². The number of carboxylic acid groups (broad SMARTS) is 1. The lowest BCUT2D eigenvalue weighted by Crippen LogP contribution is -2.11. The van der Waals surface area contributed by atoms with Crippen LogP contribution in [0.15, 0.2) is 12.2 Å². The van der Waals surface area contributed by atoms with Crippen molar-refractivity contribution in [1.29, 1.82) is 0 Å². The van der Waals surface area contributed by atoms with Crippen LogP contribution in [0.5, 0.6) is 0 Å². The monoisotopic (exact) mass is 312 g/mol. The smallest absolute Gasteiger partial charge is 0.333 e. The molecule has 0 atom stereocenters. The Labute approximate surface area is 134 Å². The summed E-state index contributed by atoms with van der Waals surface area (Å²) in [6.45, 7) is 6.01. The third-order valence-electron chi connectivity index (χ3n) is 3.63. The van der Waals surface area contributed by atoms with Gasteiger partial charge in [0, 0.05) is 5.57 Å². The van der Waals surface area contributed by atoms with Crippen LogP contribution in [0.3, 0.4) is 0 Å². The number of esters is 1. The fourth-order valence-corrected chi connectivity index (χ4v) is 2.29. The second-order valence-corrected chi connectivity index (χ2v) is 5.85. The predicted molar refractivity (Wildman–Crippen MR) is 88.8 cm³/mol. The number of aliphatic carboxylic acids is 1. The van der Waals surface area contributed by atoms with Crippen molar-refractivity contribution in [1.82, 2.24) is 0 Å². The molecule has 0 heterocycles. The first-order valence-electron chi connectivity index (χ1n) is 8.64. The fourth-order valence-electron chi connectivity index (χ4n) is 2.29. The third-order valence-corrected chi connectivity index (χ3v) is 3.63. The van der Waals surface area contributed by atoms with E-state index in [4.69, 9.17) is 9.84 Å². The van der Waals surface area contributed by atoms with Crippen molar-refractivity contribution in [2.45, 2.75) is 84.0 Å². The first kappa shape index (κ1) is 20.7. The van der Waals surface area contributed by atoms with Crippen LogP contribution in [-0.4, -0.2) is 23.7 Å². The van der Waals surface area contributed by atoms with Crippen LogP contribution in [0.25, 0.3) is 0 Å². The van der Waals surface area contributed by atoms with Crippen LogP contribution in [0.2, 0.25) is 0 Å². The third kappa shape index (κ3) is 13.7. The molecule has 0 saturated heterocycles. The molecule has 0 aromatic carbocycles. The summed E-state index contributed by atoms with van der Waals surface area (Å²) in [6, 6.07) is 0. The van der Waals surface area contributed by atoms with Crippen molar-refractivity contribution in [3.8, 4) is 0 Å². The van der Waals surface area contributed by atoms with Gasteiger partial charge in [-0.25, -0.2) is 4.79 Å². The Morgan fingerprint density at radius 1 is 0.864 bits per heavy atom. The first-order valence-corrected chi connectivity index (χ1v) is 8.64. The van der Waals surface area contributed by atoms with Crippen molar-refractivity contribution in [3.63, 3.8) is 0 Å². The van der Waals surface area contributed by atoms with Crippen molar-refractivity contribution >= 4 is 11.9 Å². The highest BCUT2D eigenvalue weighted by Gasteiger charge is 2.11. The van der Waals surface area contributed by atoms with Crippen LogP contribution < -0.4 is 0 Å². The van der Waals surface area contributed by atoms with Crippen LogP contribution in [0, 0.1) is 0 Å². The molecular formula is C18H32O4. The number of hydrogen-bond acceptors (Lipinski definition) is 3. The Hall–Kier alpha value is -1.32. The minimum absolute atomic E-state index is 0.00979. The lowest BCUT2D eigenvalue weighted by atomic mass is 10.1. The largest absolute Gasteiger partial charge is 0.481 e. The van der Waals surface area contributed by atoms with Gasteiger partial charge in [0.2, 0.25) is 0 Å². The van der Waals surface area contributed by atoms with Gasteiger partial charge in [-0.3, -0.25) is 4.79 Å². The van der Waals surface area contributed by atoms with E-state index in [9.17, 15) is 9.59 Å².